The molecule has 4 nitrogen and oxygen atoms in total. The van der Waals surface area contributed by atoms with Crippen molar-refractivity contribution < 1.29 is 21.6 Å². The normalized spacial score (nSPS) is 12.2. The molecule has 9 heteroatoms. The molecule has 0 spiro atoms. The predicted octanol–water partition coefficient (Wildman–Crippen LogP) is 3.77. The highest BCUT2D eigenvalue weighted by Crippen LogP contribution is 2.32. The average Bonchev–Trinajstić information content (AvgIpc) is 2.44. The van der Waals surface area contributed by atoms with Gasteiger partial charge in [0.05, 0.1) is 15.5 Å². The molecule has 2 aromatic rings. The predicted molar refractivity (Wildman–Crippen MR) is 81.1 cm³/mol. The van der Waals surface area contributed by atoms with E-state index in [1.807, 2.05) is 0 Å². The second-order valence-corrected chi connectivity index (χ2v) is 7.24. The first-order valence-corrected chi connectivity index (χ1v) is 8.60. The third-order valence-electron chi connectivity index (χ3n) is 2.98. The van der Waals surface area contributed by atoms with Gasteiger partial charge in [-0.3, -0.25) is 0 Å². The number of benzene rings is 1. The SMILES string of the molecule is CS(=O)(=O)c1ccc(CNc2ncc(C(F)(F)F)cc2Cl)cc1. The molecule has 0 fully saturated rings. The summed E-state index contributed by atoms with van der Waals surface area (Å²) >= 11 is 5.78. The van der Waals surface area contributed by atoms with Crippen LogP contribution in [0.5, 0.6) is 0 Å². The Kier molecular flexibility index (Phi) is 4.86. The molecule has 0 aliphatic rings. The summed E-state index contributed by atoms with van der Waals surface area (Å²) in [5.41, 5.74) is -0.194. The van der Waals surface area contributed by atoms with E-state index in [1.165, 1.54) is 12.1 Å². The van der Waals surface area contributed by atoms with Crippen LogP contribution in [-0.2, 0) is 22.6 Å². The maximum absolute atomic E-state index is 12.5. The lowest BCUT2D eigenvalue weighted by Crippen LogP contribution is -2.08. The molecule has 0 aliphatic heterocycles. The Labute approximate surface area is 136 Å². The molecule has 0 saturated heterocycles. The monoisotopic (exact) mass is 364 g/mol. The molecule has 23 heavy (non-hydrogen) atoms. The van der Waals surface area contributed by atoms with E-state index in [4.69, 9.17) is 11.6 Å². The van der Waals surface area contributed by atoms with Gasteiger partial charge in [0.1, 0.15) is 5.82 Å². The van der Waals surface area contributed by atoms with E-state index < -0.39 is 21.6 Å². The zero-order valence-electron chi connectivity index (χ0n) is 11.9. The minimum atomic E-state index is -4.50. The van der Waals surface area contributed by atoms with Gasteiger partial charge in [0.2, 0.25) is 0 Å². The second-order valence-electron chi connectivity index (χ2n) is 4.82. The summed E-state index contributed by atoms with van der Waals surface area (Å²) < 4.78 is 60.2. The fraction of sp³-hybridized carbons (Fsp3) is 0.214. The Morgan fingerprint density at radius 2 is 1.83 bits per heavy atom. The van der Waals surface area contributed by atoms with Crippen molar-refractivity contribution >= 4 is 27.3 Å². The zero-order chi connectivity index (χ0) is 17.3. The molecule has 0 bridgehead atoms. The minimum absolute atomic E-state index is 0.117. The first kappa shape index (κ1) is 17.6. The Hall–Kier alpha value is -1.80. The van der Waals surface area contributed by atoms with E-state index in [2.05, 4.69) is 10.3 Å². The smallest absolute Gasteiger partial charge is 0.365 e. The maximum atomic E-state index is 12.5. The molecule has 124 valence electrons. The summed E-state index contributed by atoms with van der Waals surface area (Å²) in [6.07, 6.45) is -2.70. The lowest BCUT2D eigenvalue weighted by Gasteiger charge is -2.11. The van der Waals surface area contributed by atoms with Crippen LogP contribution >= 0.6 is 11.6 Å². The highest BCUT2D eigenvalue weighted by Gasteiger charge is 2.31. The van der Waals surface area contributed by atoms with Gasteiger partial charge < -0.3 is 5.32 Å². The van der Waals surface area contributed by atoms with Crippen molar-refractivity contribution in [3.05, 3.63) is 52.7 Å². The number of nitrogens with one attached hydrogen (secondary N) is 1. The van der Waals surface area contributed by atoms with Gasteiger partial charge in [-0.05, 0) is 23.8 Å². The largest absolute Gasteiger partial charge is 0.417 e. The van der Waals surface area contributed by atoms with Gasteiger partial charge in [-0.25, -0.2) is 13.4 Å². The molecule has 1 aromatic carbocycles. The summed E-state index contributed by atoms with van der Waals surface area (Å²) in [7, 11) is -3.27. The van der Waals surface area contributed by atoms with Gasteiger partial charge in [-0.1, -0.05) is 23.7 Å². The highest BCUT2D eigenvalue weighted by atomic mass is 35.5. The van der Waals surface area contributed by atoms with E-state index in [1.54, 1.807) is 12.1 Å². The number of nitrogens with zero attached hydrogens (tertiary/aromatic N) is 1. The van der Waals surface area contributed by atoms with Crippen molar-refractivity contribution in [2.75, 3.05) is 11.6 Å². The van der Waals surface area contributed by atoms with Crippen LogP contribution in [0.2, 0.25) is 5.02 Å². The summed E-state index contributed by atoms with van der Waals surface area (Å²) in [6, 6.07) is 6.90. The number of sulfone groups is 1. The zero-order valence-corrected chi connectivity index (χ0v) is 13.4. The molecular formula is C14H12ClF3N2O2S. The number of halogens is 4. The lowest BCUT2D eigenvalue weighted by atomic mass is 10.2. The Bertz CT molecular complexity index is 806. The van der Waals surface area contributed by atoms with Crippen LogP contribution in [0.4, 0.5) is 19.0 Å². The van der Waals surface area contributed by atoms with Crippen molar-refractivity contribution in [1.82, 2.24) is 4.98 Å². The van der Waals surface area contributed by atoms with E-state index in [0.29, 0.717) is 6.20 Å². The third kappa shape index (κ3) is 4.59. The molecule has 0 atom stereocenters. The fourth-order valence-electron chi connectivity index (χ4n) is 1.76. The van der Waals surface area contributed by atoms with Crippen LogP contribution in [0.15, 0.2) is 41.4 Å². The van der Waals surface area contributed by atoms with Crippen LogP contribution in [-0.4, -0.2) is 19.7 Å². The van der Waals surface area contributed by atoms with Crippen LogP contribution < -0.4 is 5.32 Å². The molecular weight excluding hydrogens is 353 g/mol. The molecule has 0 radical (unpaired) electrons. The first-order chi connectivity index (χ1) is 10.6. The van der Waals surface area contributed by atoms with Crippen molar-refractivity contribution in [2.24, 2.45) is 0 Å². The fourth-order valence-corrected chi connectivity index (χ4v) is 2.63. The van der Waals surface area contributed by atoms with E-state index in [9.17, 15) is 21.6 Å². The number of hydrogen-bond acceptors (Lipinski definition) is 4. The van der Waals surface area contributed by atoms with Gasteiger partial charge in [-0.15, -0.1) is 0 Å². The van der Waals surface area contributed by atoms with Crippen molar-refractivity contribution in [3.8, 4) is 0 Å². The molecule has 1 N–H and O–H groups in total. The third-order valence-corrected chi connectivity index (χ3v) is 4.40. The van der Waals surface area contributed by atoms with E-state index >= 15 is 0 Å². The lowest BCUT2D eigenvalue weighted by molar-refractivity contribution is -0.137. The van der Waals surface area contributed by atoms with Crippen LogP contribution in [0.25, 0.3) is 0 Å². The number of anilines is 1. The van der Waals surface area contributed by atoms with E-state index in [0.717, 1.165) is 17.9 Å². The molecule has 1 heterocycles. The number of hydrogen-bond donors (Lipinski definition) is 1. The summed E-state index contributed by atoms with van der Waals surface area (Å²) in [6.45, 7) is 0.238. The van der Waals surface area contributed by atoms with Crippen LogP contribution in [0.3, 0.4) is 0 Å². The number of pyridine rings is 1. The van der Waals surface area contributed by atoms with Gasteiger partial charge in [0, 0.05) is 19.0 Å². The molecule has 0 saturated carbocycles. The molecule has 0 aliphatic carbocycles. The van der Waals surface area contributed by atoms with Gasteiger partial charge >= 0.3 is 6.18 Å². The van der Waals surface area contributed by atoms with Crippen LogP contribution in [0.1, 0.15) is 11.1 Å². The van der Waals surface area contributed by atoms with Gasteiger partial charge in [0.15, 0.2) is 9.84 Å². The summed E-state index contributed by atoms with van der Waals surface area (Å²) in [5, 5.41) is 2.66. The van der Waals surface area contributed by atoms with Crippen molar-refractivity contribution in [3.63, 3.8) is 0 Å². The summed E-state index contributed by atoms with van der Waals surface area (Å²) in [5.74, 6) is 0.117. The number of alkyl halides is 3. The quantitative estimate of drug-likeness (QED) is 0.897. The Morgan fingerprint density at radius 1 is 1.22 bits per heavy atom. The number of aromatic nitrogens is 1. The number of rotatable bonds is 4. The average molecular weight is 365 g/mol. The summed E-state index contributed by atoms with van der Waals surface area (Å²) in [4.78, 5) is 3.84. The van der Waals surface area contributed by atoms with E-state index in [-0.39, 0.29) is 22.3 Å². The Balaban J connectivity index is 2.09. The highest BCUT2D eigenvalue weighted by molar-refractivity contribution is 7.90. The first-order valence-electron chi connectivity index (χ1n) is 6.33. The molecule has 0 unspecified atom stereocenters. The minimum Gasteiger partial charge on any atom is -0.365 e. The molecule has 2 rings (SSSR count). The van der Waals surface area contributed by atoms with Gasteiger partial charge in [0.25, 0.3) is 0 Å². The topological polar surface area (TPSA) is 59.1 Å². The molecule has 1 aromatic heterocycles. The van der Waals surface area contributed by atoms with Crippen molar-refractivity contribution in [2.45, 2.75) is 17.6 Å². The second kappa shape index (κ2) is 6.37. The maximum Gasteiger partial charge on any atom is 0.417 e. The van der Waals surface area contributed by atoms with Crippen molar-refractivity contribution in [1.29, 1.82) is 0 Å². The Morgan fingerprint density at radius 3 is 2.30 bits per heavy atom. The van der Waals surface area contributed by atoms with Crippen LogP contribution in [0, 0.1) is 0 Å². The van der Waals surface area contributed by atoms with Gasteiger partial charge in [-0.2, -0.15) is 13.2 Å². The molecule has 0 amide bonds. The standard InChI is InChI=1S/C14H12ClF3N2O2S/c1-23(21,22)11-4-2-9(3-5-11)7-19-13-12(15)6-10(8-20-13)14(16,17)18/h2-6,8H,7H2,1H3,(H,19,20).